The molecule has 1 aromatic rings. The normalized spacial score (nSPS) is 25.1. The van der Waals surface area contributed by atoms with Gasteiger partial charge in [-0.1, -0.05) is 30.3 Å². The minimum atomic E-state index is -0.373. The van der Waals surface area contributed by atoms with Crippen LogP contribution in [0.2, 0.25) is 0 Å². The molecule has 1 heterocycles. The number of hydrogen-bond donors (Lipinski definition) is 1. The number of benzene rings is 1. The van der Waals surface area contributed by atoms with Crippen LogP contribution in [0.3, 0.4) is 0 Å². The van der Waals surface area contributed by atoms with Crippen molar-refractivity contribution < 1.29 is 9.53 Å². The van der Waals surface area contributed by atoms with Gasteiger partial charge in [0, 0.05) is 12.1 Å². The highest BCUT2D eigenvalue weighted by molar-refractivity contribution is 5.77. The van der Waals surface area contributed by atoms with E-state index in [0.717, 1.165) is 24.9 Å². The summed E-state index contributed by atoms with van der Waals surface area (Å²) in [6.07, 6.45) is 2.11. The Kier molecular flexibility index (Phi) is 5.15. The minimum absolute atomic E-state index is 0.220. The van der Waals surface area contributed by atoms with Crippen LogP contribution in [-0.4, -0.2) is 43.7 Å². The van der Waals surface area contributed by atoms with E-state index in [1.165, 1.54) is 7.11 Å². The van der Waals surface area contributed by atoms with Crippen LogP contribution in [-0.2, 0) is 9.53 Å². The van der Waals surface area contributed by atoms with Gasteiger partial charge in [-0.05, 0) is 38.9 Å². The van der Waals surface area contributed by atoms with Gasteiger partial charge in [0.1, 0.15) is 6.04 Å². The smallest absolute Gasteiger partial charge is 0.327 e. The van der Waals surface area contributed by atoms with Crippen molar-refractivity contribution in [3.63, 3.8) is 0 Å². The molecule has 0 saturated carbocycles. The third-order valence-electron chi connectivity index (χ3n) is 4.18. The molecular weight excluding hydrogens is 252 g/mol. The zero-order chi connectivity index (χ0) is 14.5. The second-order valence-electron chi connectivity index (χ2n) is 5.58. The van der Waals surface area contributed by atoms with E-state index in [1.54, 1.807) is 0 Å². The van der Waals surface area contributed by atoms with Crippen molar-refractivity contribution in [2.24, 2.45) is 0 Å². The molecular formula is C16H24N2O2. The number of ether oxygens (including phenoxy) is 1. The SMILES string of the molecule is COC(=O)C(NC1CCN(C)C(C)C1)c1ccccc1. The Morgan fingerprint density at radius 2 is 2.10 bits per heavy atom. The molecule has 0 amide bonds. The van der Waals surface area contributed by atoms with Crippen LogP contribution in [0.4, 0.5) is 0 Å². The predicted octanol–water partition coefficient (Wildman–Crippen LogP) is 1.97. The molecule has 3 unspecified atom stereocenters. The fraction of sp³-hybridized carbons (Fsp3) is 0.562. The summed E-state index contributed by atoms with van der Waals surface area (Å²) >= 11 is 0. The summed E-state index contributed by atoms with van der Waals surface area (Å²) in [5, 5.41) is 3.47. The predicted molar refractivity (Wildman–Crippen MR) is 79.4 cm³/mol. The number of carbonyl (C=O) groups is 1. The molecule has 4 nitrogen and oxygen atoms in total. The fourth-order valence-corrected chi connectivity index (χ4v) is 2.74. The van der Waals surface area contributed by atoms with Crippen molar-refractivity contribution in [3.05, 3.63) is 35.9 Å². The van der Waals surface area contributed by atoms with Crippen LogP contribution in [0.5, 0.6) is 0 Å². The lowest BCUT2D eigenvalue weighted by Gasteiger charge is -2.36. The monoisotopic (exact) mass is 276 g/mol. The number of carbonyl (C=O) groups excluding carboxylic acids is 1. The number of nitrogens with one attached hydrogen (secondary N) is 1. The van der Waals surface area contributed by atoms with E-state index < -0.39 is 0 Å². The van der Waals surface area contributed by atoms with E-state index in [2.05, 4.69) is 24.2 Å². The number of piperidine rings is 1. The average Bonchev–Trinajstić information content (AvgIpc) is 2.48. The van der Waals surface area contributed by atoms with Crippen LogP contribution in [0.25, 0.3) is 0 Å². The third kappa shape index (κ3) is 3.58. The number of methoxy groups -OCH3 is 1. The van der Waals surface area contributed by atoms with Gasteiger partial charge in [0.2, 0.25) is 0 Å². The maximum atomic E-state index is 12.0. The summed E-state index contributed by atoms with van der Waals surface area (Å²) in [6.45, 7) is 3.28. The first-order valence-corrected chi connectivity index (χ1v) is 7.21. The summed E-state index contributed by atoms with van der Waals surface area (Å²) in [5.41, 5.74) is 0.964. The van der Waals surface area contributed by atoms with E-state index in [9.17, 15) is 4.79 Å². The van der Waals surface area contributed by atoms with E-state index >= 15 is 0 Å². The zero-order valence-corrected chi connectivity index (χ0v) is 12.5. The Hall–Kier alpha value is -1.39. The molecule has 0 aliphatic carbocycles. The molecule has 1 aliphatic rings. The van der Waals surface area contributed by atoms with Crippen LogP contribution in [0, 0.1) is 0 Å². The molecule has 3 atom stereocenters. The van der Waals surface area contributed by atoms with Gasteiger partial charge < -0.3 is 9.64 Å². The average molecular weight is 276 g/mol. The fourth-order valence-electron chi connectivity index (χ4n) is 2.74. The Bertz CT molecular complexity index is 435. The molecule has 0 aromatic heterocycles. The van der Waals surface area contributed by atoms with Crippen LogP contribution in [0.15, 0.2) is 30.3 Å². The first-order chi connectivity index (χ1) is 9.61. The van der Waals surface area contributed by atoms with Crippen molar-refractivity contribution in [2.75, 3.05) is 20.7 Å². The maximum Gasteiger partial charge on any atom is 0.327 e. The summed E-state index contributed by atoms with van der Waals surface area (Å²) in [6, 6.07) is 10.3. The van der Waals surface area contributed by atoms with Crippen molar-refractivity contribution in [1.82, 2.24) is 10.2 Å². The van der Waals surface area contributed by atoms with Gasteiger partial charge in [0.25, 0.3) is 0 Å². The topological polar surface area (TPSA) is 41.6 Å². The highest BCUT2D eigenvalue weighted by Crippen LogP contribution is 2.21. The Morgan fingerprint density at radius 1 is 1.40 bits per heavy atom. The summed E-state index contributed by atoms with van der Waals surface area (Å²) in [5.74, 6) is -0.220. The Balaban J connectivity index is 2.07. The van der Waals surface area contributed by atoms with Gasteiger partial charge in [-0.25, -0.2) is 4.79 Å². The van der Waals surface area contributed by atoms with Gasteiger partial charge in [0.05, 0.1) is 7.11 Å². The van der Waals surface area contributed by atoms with E-state index in [1.807, 2.05) is 30.3 Å². The van der Waals surface area contributed by atoms with Gasteiger partial charge in [-0.3, -0.25) is 5.32 Å². The molecule has 0 radical (unpaired) electrons. The Labute approximate surface area is 121 Å². The molecule has 4 heteroatoms. The number of esters is 1. The quantitative estimate of drug-likeness (QED) is 0.854. The molecule has 0 bridgehead atoms. The lowest BCUT2D eigenvalue weighted by molar-refractivity contribution is -0.143. The highest BCUT2D eigenvalue weighted by atomic mass is 16.5. The van der Waals surface area contributed by atoms with Gasteiger partial charge >= 0.3 is 5.97 Å². The van der Waals surface area contributed by atoms with E-state index in [4.69, 9.17) is 4.74 Å². The number of hydrogen-bond acceptors (Lipinski definition) is 4. The second-order valence-corrected chi connectivity index (χ2v) is 5.58. The first-order valence-electron chi connectivity index (χ1n) is 7.21. The molecule has 1 aromatic carbocycles. The second kappa shape index (κ2) is 6.86. The molecule has 1 saturated heterocycles. The standard InChI is InChI=1S/C16H24N2O2/c1-12-11-14(9-10-18(12)2)17-15(16(19)20-3)13-7-5-4-6-8-13/h4-8,12,14-15,17H,9-11H2,1-3H3. The van der Waals surface area contributed by atoms with Crippen molar-refractivity contribution in [2.45, 2.75) is 37.9 Å². The molecule has 1 N–H and O–H groups in total. The Morgan fingerprint density at radius 3 is 2.70 bits per heavy atom. The lowest BCUT2D eigenvalue weighted by atomic mass is 9.96. The van der Waals surface area contributed by atoms with E-state index in [0.29, 0.717) is 12.1 Å². The minimum Gasteiger partial charge on any atom is -0.468 e. The molecule has 20 heavy (non-hydrogen) atoms. The van der Waals surface area contributed by atoms with Gasteiger partial charge in [-0.2, -0.15) is 0 Å². The van der Waals surface area contributed by atoms with Crippen molar-refractivity contribution >= 4 is 5.97 Å². The summed E-state index contributed by atoms with van der Waals surface area (Å²) in [4.78, 5) is 14.4. The highest BCUT2D eigenvalue weighted by Gasteiger charge is 2.28. The van der Waals surface area contributed by atoms with Crippen LogP contribution in [0.1, 0.15) is 31.4 Å². The molecule has 1 aliphatic heterocycles. The first kappa shape index (κ1) is 15.0. The maximum absolute atomic E-state index is 12.0. The molecule has 1 fully saturated rings. The summed E-state index contributed by atoms with van der Waals surface area (Å²) < 4.78 is 4.94. The third-order valence-corrected chi connectivity index (χ3v) is 4.18. The molecule has 2 rings (SSSR count). The number of likely N-dealkylation sites (tertiary alicyclic amines) is 1. The molecule has 0 spiro atoms. The van der Waals surface area contributed by atoms with Crippen LogP contribution >= 0.6 is 0 Å². The molecule has 110 valence electrons. The van der Waals surface area contributed by atoms with Crippen LogP contribution < -0.4 is 5.32 Å². The zero-order valence-electron chi connectivity index (χ0n) is 12.5. The van der Waals surface area contributed by atoms with Crippen molar-refractivity contribution in [1.29, 1.82) is 0 Å². The van der Waals surface area contributed by atoms with E-state index in [-0.39, 0.29) is 12.0 Å². The van der Waals surface area contributed by atoms with Gasteiger partial charge in [0.15, 0.2) is 0 Å². The summed E-state index contributed by atoms with van der Waals surface area (Å²) in [7, 11) is 3.59. The van der Waals surface area contributed by atoms with Crippen molar-refractivity contribution in [3.8, 4) is 0 Å². The number of nitrogens with zero attached hydrogens (tertiary/aromatic N) is 1. The number of rotatable bonds is 4. The lowest BCUT2D eigenvalue weighted by Crippen LogP contribution is -2.47. The van der Waals surface area contributed by atoms with Gasteiger partial charge in [-0.15, -0.1) is 0 Å². The largest absolute Gasteiger partial charge is 0.468 e.